The summed E-state index contributed by atoms with van der Waals surface area (Å²) in [5.41, 5.74) is 2.55. The number of nitrogens with zero attached hydrogens (tertiary/aromatic N) is 3. The Hall–Kier alpha value is -4.62. The van der Waals surface area contributed by atoms with Crippen LogP contribution in [0.4, 0.5) is 20.3 Å². The number of fused-ring (bicyclic) bond motifs is 1. The fraction of sp³-hybridized carbons (Fsp3) is 0.310. The van der Waals surface area contributed by atoms with Crippen LogP contribution in [0.3, 0.4) is 0 Å². The molecule has 1 saturated heterocycles. The average Bonchev–Trinajstić information content (AvgIpc) is 3.42. The van der Waals surface area contributed by atoms with E-state index in [0.29, 0.717) is 53.5 Å². The van der Waals surface area contributed by atoms with E-state index < -0.39 is 23.7 Å². The molecule has 2 aromatic carbocycles. The summed E-state index contributed by atoms with van der Waals surface area (Å²) < 4.78 is 35.6. The smallest absolute Gasteiger partial charge is 0.251 e. The predicted molar refractivity (Wildman–Crippen MR) is 152 cm³/mol. The number of hydrogen-bond donors (Lipinski definition) is 5. The maximum Gasteiger partial charge on any atom is 0.251 e. The molecule has 0 spiro atoms. The summed E-state index contributed by atoms with van der Waals surface area (Å²) in [6.45, 7) is 3.34. The Morgan fingerprint density at radius 3 is 2.71 bits per heavy atom. The van der Waals surface area contributed by atoms with E-state index in [1.54, 1.807) is 35.7 Å². The third kappa shape index (κ3) is 5.87. The second kappa shape index (κ2) is 12.5. The number of rotatable bonds is 9. The Balaban J connectivity index is 1.23. The standard InChI is InChI=1S/C29H31F2N7O4/c1-16-13-17(3-4-18(16)28(40)34-9-10-35-29(41)20-7-8-32-15-22(20)39)37-26-27-36-14-21(38(27)12-11-33-26)19-5-6-23(42-2)25(31)24(19)30/h3-6,11-14,20,22,32,39H,7-10,15H2,1-2H3,(H,33,37)(H,34,40)(H,35,41). The quantitative estimate of drug-likeness (QED) is 0.191. The van der Waals surface area contributed by atoms with Crippen LogP contribution in [0, 0.1) is 24.5 Å². The van der Waals surface area contributed by atoms with Crippen LogP contribution in [0.25, 0.3) is 16.9 Å². The lowest BCUT2D eigenvalue weighted by Crippen LogP contribution is -2.48. The van der Waals surface area contributed by atoms with Crippen molar-refractivity contribution >= 4 is 29.0 Å². The fourth-order valence-electron chi connectivity index (χ4n) is 4.96. The van der Waals surface area contributed by atoms with Gasteiger partial charge in [0, 0.05) is 48.8 Å². The van der Waals surface area contributed by atoms with Crippen molar-refractivity contribution in [3.05, 3.63) is 71.7 Å². The monoisotopic (exact) mass is 579 g/mol. The number of aliphatic hydroxyl groups is 1. The van der Waals surface area contributed by atoms with E-state index >= 15 is 0 Å². The van der Waals surface area contributed by atoms with Gasteiger partial charge in [-0.15, -0.1) is 0 Å². The zero-order chi connectivity index (χ0) is 29.8. The molecule has 5 N–H and O–H groups in total. The van der Waals surface area contributed by atoms with Gasteiger partial charge in [-0.3, -0.25) is 14.0 Å². The number of carbonyl (C=O) groups excluding carboxylic acids is 2. The highest BCUT2D eigenvalue weighted by Crippen LogP contribution is 2.31. The van der Waals surface area contributed by atoms with Crippen molar-refractivity contribution in [2.75, 3.05) is 38.6 Å². The number of methoxy groups -OCH3 is 1. The zero-order valence-electron chi connectivity index (χ0n) is 23.1. The molecule has 1 aliphatic heterocycles. The van der Waals surface area contributed by atoms with Crippen LogP contribution in [0.1, 0.15) is 22.3 Å². The molecule has 3 heterocycles. The third-order valence-corrected chi connectivity index (χ3v) is 7.20. The number of aromatic nitrogens is 3. The lowest BCUT2D eigenvalue weighted by Gasteiger charge is -2.27. The SMILES string of the molecule is COc1ccc(-c2cnc3c(Nc4ccc(C(=O)NCCNC(=O)C5CCNCC5O)c(C)c4)nccn23)c(F)c1F. The molecule has 0 saturated carbocycles. The van der Waals surface area contributed by atoms with Crippen molar-refractivity contribution in [3.8, 4) is 17.0 Å². The van der Waals surface area contributed by atoms with Gasteiger partial charge in [0.15, 0.2) is 23.0 Å². The average molecular weight is 580 g/mol. The molecule has 0 aliphatic carbocycles. The van der Waals surface area contributed by atoms with E-state index in [4.69, 9.17) is 4.74 Å². The zero-order valence-corrected chi connectivity index (χ0v) is 23.1. The molecular weight excluding hydrogens is 548 g/mol. The van der Waals surface area contributed by atoms with Gasteiger partial charge in [-0.2, -0.15) is 4.39 Å². The molecule has 2 unspecified atom stereocenters. The first-order valence-electron chi connectivity index (χ1n) is 13.4. The number of ether oxygens (including phenoxy) is 1. The van der Waals surface area contributed by atoms with Crippen molar-refractivity contribution in [2.45, 2.75) is 19.4 Å². The van der Waals surface area contributed by atoms with Crippen molar-refractivity contribution in [1.29, 1.82) is 0 Å². The van der Waals surface area contributed by atoms with Crippen molar-refractivity contribution in [1.82, 2.24) is 30.3 Å². The largest absolute Gasteiger partial charge is 0.494 e. The Kier molecular flexibility index (Phi) is 8.59. The minimum Gasteiger partial charge on any atom is -0.494 e. The van der Waals surface area contributed by atoms with Gasteiger partial charge in [0.2, 0.25) is 11.7 Å². The fourth-order valence-corrected chi connectivity index (χ4v) is 4.96. The first kappa shape index (κ1) is 28.9. The summed E-state index contributed by atoms with van der Waals surface area (Å²) in [7, 11) is 1.27. The molecule has 4 aromatic rings. The van der Waals surface area contributed by atoms with Crippen LogP contribution in [0.5, 0.6) is 5.75 Å². The van der Waals surface area contributed by atoms with Gasteiger partial charge in [0.1, 0.15) is 0 Å². The van der Waals surface area contributed by atoms with Crippen molar-refractivity contribution in [2.24, 2.45) is 5.92 Å². The number of aliphatic hydroxyl groups excluding tert-OH is 1. The van der Waals surface area contributed by atoms with Crippen LogP contribution in [0.15, 0.2) is 48.9 Å². The van der Waals surface area contributed by atoms with E-state index in [-0.39, 0.29) is 36.2 Å². The van der Waals surface area contributed by atoms with E-state index in [2.05, 4.69) is 31.2 Å². The lowest BCUT2D eigenvalue weighted by atomic mass is 9.94. The third-order valence-electron chi connectivity index (χ3n) is 7.20. The topological polar surface area (TPSA) is 142 Å². The summed E-state index contributed by atoms with van der Waals surface area (Å²) in [6, 6.07) is 7.95. The number of aryl methyl sites for hydroxylation is 1. The first-order chi connectivity index (χ1) is 20.3. The van der Waals surface area contributed by atoms with Gasteiger partial charge in [0.25, 0.3) is 5.91 Å². The Bertz CT molecular complexity index is 1630. The Morgan fingerprint density at radius 1 is 1.14 bits per heavy atom. The van der Waals surface area contributed by atoms with Crippen LogP contribution < -0.4 is 26.0 Å². The molecule has 0 bridgehead atoms. The molecule has 2 aromatic heterocycles. The summed E-state index contributed by atoms with van der Waals surface area (Å²) in [5, 5.41) is 21.8. The number of benzene rings is 2. The lowest BCUT2D eigenvalue weighted by molar-refractivity contribution is -0.129. The molecular formula is C29H31F2N7O4. The van der Waals surface area contributed by atoms with Crippen LogP contribution in [0.2, 0.25) is 0 Å². The van der Waals surface area contributed by atoms with E-state index in [1.807, 2.05) is 0 Å². The molecule has 1 aliphatic rings. The van der Waals surface area contributed by atoms with Crippen molar-refractivity contribution < 1.29 is 28.2 Å². The molecule has 13 heteroatoms. The van der Waals surface area contributed by atoms with Gasteiger partial charge >= 0.3 is 0 Å². The maximum atomic E-state index is 14.8. The number of piperidine rings is 1. The van der Waals surface area contributed by atoms with Gasteiger partial charge in [-0.05, 0) is 55.8 Å². The number of hydrogen-bond acceptors (Lipinski definition) is 8. The highest BCUT2D eigenvalue weighted by Gasteiger charge is 2.29. The van der Waals surface area contributed by atoms with Gasteiger partial charge in [0.05, 0.1) is 31.0 Å². The predicted octanol–water partition coefficient (Wildman–Crippen LogP) is 2.55. The number of imidazole rings is 1. The summed E-state index contributed by atoms with van der Waals surface area (Å²) in [4.78, 5) is 33.8. The Morgan fingerprint density at radius 2 is 1.95 bits per heavy atom. The second-order valence-electron chi connectivity index (χ2n) is 9.92. The molecule has 0 radical (unpaired) electrons. The van der Waals surface area contributed by atoms with Gasteiger partial charge < -0.3 is 31.1 Å². The highest BCUT2D eigenvalue weighted by molar-refractivity contribution is 5.96. The van der Waals surface area contributed by atoms with E-state index in [9.17, 15) is 23.5 Å². The minimum atomic E-state index is -1.08. The molecule has 42 heavy (non-hydrogen) atoms. The number of nitrogens with one attached hydrogen (secondary N) is 4. The molecule has 2 amide bonds. The number of amides is 2. The molecule has 11 nitrogen and oxygen atoms in total. The highest BCUT2D eigenvalue weighted by atomic mass is 19.2. The molecule has 2 atom stereocenters. The second-order valence-corrected chi connectivity index (χ2v) is 9.92. The minimum absolute atomic E-state index is 0.0209. The number of halogens is 2. The number of carbonyl (C=O) groups is 2. The number of β-amino-alcohol motifs (C(OH)–C–C–N with tert-alkyl or cyclic N) is 1. The molecule has 1 fully saturated rings. The summed E-state index contributed by atoms with van der Waals surface area (Å²) >= 11 is 0. The summed E-state index contributed by atoms with van der Waals surface area (Å²) in [5.74, 6) is -2.91. The number of anilines is 2. The van der Waals surface area contributed by atoms with Crippen LogP contribution in [-0.4, -0.2) is 70.7 Å². The summed E-state index contributed by atoms with van der Waals surface area (Å²) in [6.07, 6.45) is 4.38. The normalized spacial score (nSPS) is 16.7. The van der Waals surface area contributed by atoms with Crippen molar-refractivity contribution in [3.63, 3.8) is 0 Å². The van der Waals surface area contributed by atoms with E-state index in [0.717, 1.165) is 0 Å². The molecule has 220 valence electrons. The van der Waals surface area contributed by atoms with Crippen LogP contribution in [-0.2, 0) is 4.79 Å². The van der Waals surface area contributed by atoms with Gasteiger partial charge in [-0.25, -0.2) is 14.4 Å². The molecule has 5 rings (SSSR count). The Labute approximate surface area is 240 Å². The van der Waals surface area contributed by atoms with Crippen LogP contribution >= 0.6 is 0 Å². The van der Waals surface area contributed by atoms with Gasteiger partial charge in [-0.1, -0.05) is 0 Å². The first-order valence-corrected chi connectivity index (χ1v) is 13.4. The maximum absolute atomic E-state index is 14.8. The van der Waals surface area contributed by atoms with E-state index in [1.165, 1.54) is 31.6 Å².